The molecule has 2 unspecified atom stereocenters. The molecular weight excluding hydrogens is 323 g/mol. The van der Waals surface area contributed by atoms with Gasteiger partial charge in [-0.15, -0.1) is 0 Å². The molecule has 4 fully saturated rings. The lowest BCUT2D eigenvalue weighted by molar-refractivity contribution is -0.136. The molecule has 5 rings (SSSR count). The van der Waals surface area contributed by atoms with Crippen molar-refractivity contribution in [3.63, 3.8) is 0 Å². The summed E-state index contributed by atoms with van der Waals surface area (Å²) >= 11 is 11.8. The van der Waals surface area contributed by atoms with Crippen LogP contribution in [0.15, 0.2) is 12.1 Å². The van der Waals surface area contributed by atoms with Crippen molar-refractivity contribution in [2.24, 2.45) is 17.8 Å². The summed E-state index contributed by atoms with van der Waals surface area (Å²) in [6.45, 7) is 0. The molecule has 2 atom stereocenters. The van der Waals surface area contributed by atoms with Crippen LogP contribution >= 0.6 is 23.2 Å². The number of amides is 1. The smallest absolute Gasteiger partial charge is 0.254 e. The SMILES string of the molecule is O=C(NC1C2CC3CC1CC(O)(C3)C2)c1ccc(Cl)nc1Cl. The number of nitrogens with one attached hydrogen (secondary N) is 1. The van der Waals surface area contributed by atoms with Crippen molar-refractivity contribution in [1.82, 2.24) is 10.3 Å². The first kappa shape index (κ1) is 14.7. The predicted molar refractivity (Wildman–Crippen MR) is 84.0 cm³/mol. The van der Waals surface area contributed by atoms with Crippen molar-refractivity contribution in [1.29, 1.82) is 0 Å². The second-order valence-corrected chi connectivity index (χ2v) is 7.91. The number of carbonyl (C=O) groups is 1. The van der Waals surface area contributed by atoms with Gasteiger partial charge in [-0.3, -0.25) is 4.79 Å². The van der Waals surface area contributed by atoms with Crippen molar-refractivity contribution in [2.75, 3.05) is 0 Å². The summed E-state index contributed by atoms with van der Waals surface area (Å²) in [5.41, 5.74) is -0.129. The lowest BCUT2D eigenvalue weighted by Crippen LogP contribution is -2.61. The molecule has 118 valence electrons. The van der Waals surface area contributed by atoms with E-state index in [9.17, 15) is 9.90 Å². The summed E-state index contributed by atoms with van der Waals surface area (Å²) in [4.78, 5) is 16.4. The van der Waals surface area contributed by atoms with Crippen LogP contribution in [0.2, 0.25) is 10.3 Å². The Morgan fingerprint density at radius 2 is 1.91 bits per heavy atom. The van der Waals surface area contributed by atoms with Gasteiger partial charge in [-0.05, 0) is 62.0 Å². The molecular formula is C16H18Cl2N2O2. The van der Waals surface area contributed by atoms with Crippen LogP contribution in [0.4, 0.5) is 0 Å². The Labute approximate surface area is 139 Å². The van der Waals surface area contributed by atoms with Crippen LogP contribution in [0.1, 0.15) is 42.5 Å². The molecule has 22 heavy (non-hydrogen) atoms. The number of nitrogens with zero attached hydrogens (tertiary/aromatic N) is 1. The Balaban J connectivity index is 1.53. The summed E-state index contributed by atoms with van der Waals surface area (Å²) in [6.07, 6.45) is 4.76. The highest BCUT2D eigenvalue weighted by Crippen LogP contribution is 2.55. The van der Waals surface area contributed by atoms with Gasteiger partial charge in [-0.25, -0.2) is 4.98 Å². The third-order valence-corrected chi connectivity index (χ3v) is 6.10. The van der Waals surface area contributed by atoms with E-state index in [-0.39, 0.29) is 22.3 Å². The number of hydrogen-bond donors (Lipinski definition) is 2. The minimum absolute atomic E-state index is 0.132. The second kappa shape index (κ2) is 5.08. The zero-order valence-electron chi connectivity index (χ0n) is 12.1. The topological polar surface area (TPSA) is 62.2 Å². The molecule has 4 bridgehead atoms. The fourth-order valence-corrected chi connectivity index (χ4v) is 5.46. The van der Waals surface area contributed by atoms with E-state index in [1.807, 2.05) is 0 Å². The van der Waals surface area contributed by atoms with Gasteiger partial charge in [0.15, 0.2) is 0 Å². The first-order valence-electron chi connectivity index (χ1n) is 7.79. The number of carbonyl (C=O) groups excluding carboxylic acids is 1. The number of aromatic nitrogens is 1. The van der Waals surface area contributed by atoms with E-state index in [1.165, 1.54) is 0 Å². The summed E-state index contributed by atoms with van der Waals surface area (Å²) in [5, 5.41) is 14.1. The van der Waals surface area contributed by atoms with Crippen LogP contribution in [0.3, 0.4) is 0 Å². The lowest BCUT2D eigenvalue weighted by atomic mass is 9.52. The molecule has 1 aromatic rings. The molecule has 4 aliphatic rings. The zero-order chi connectivity index (χ0) is 15.5. The zero-order valence-corrected chi connectivity index (χ0v) is 13.6. The summed E-state index contributed by atoms with van der Waals surface area (Å²) < 4.78 is 0. The molecule has 0 aromatic carbocycles. The molecule has 1 heterocycles. The fourth-order valence-electron chi connectivity index (χ4n) is 5.03. The van der Waals surface area contributed by atoms with E-state index in [1.54, 1.807) is 12.1 Å². The molecule has 0 aliphatic heterocycles. The maximum Gasteiger partial charge on any atom is 0.254 e. The van der Waals surface area contributed by atoms with E-state index < -0.39 is 5.60 Å². The van der Waals surface area contributed by atoms with Crippen LogP contribution < -0.4 is 5.32 Å². The van der Waals surface area contributed by atoms with E-state index in [0.29, 0.717) is 23.3 Å². The van der Waals surface area contributed by atoms with Crippen LogP contribution in [0.25, 0.3) is 0 Å². The molecule has 2 N–H and O–H groups in total. The maximum absolute atomic E-state index is 12.5. The number of halogens is 2. The van der Waals surface area contributed by atoms with Crippen LogP contribution in [0.5, 0.6) is 0 Å². The molecule has 0 spiro atoms. The average Bonchev–Trinajstić information content (AvgIpc) is 2.40. The van der Waals surface area contributed by atoms with E-state index in [4.69, 9.17) is 23.2 Å². The number of rotatable bonds is 2. The minimum Gasteiger partial charge on any atom is -0.390 e. The van der Waals surface area contributed by atoms with Crippen molar-refractivity contribution in [3.8, 4) is 0 Å². The third-order valence-electron chi connectivity index (χ3n) is 5.60. The monoisotopic (exact) mass is 340 g/mol. The third kappa shape index (κ3) is 2.41. The number of pyridine rings is 1. The molecule has 0 radical (unpaired) electrons. The average molecular weight is 341 g/mol. The highest BCUT2D eigenvalue weighted by atomic mass is 35.5. The molecule has 6 heteroatoms. The van der Waals surface area contributed by atoms with Crippen molar-refractivity contribution >= 4 is 29.1 Å². The Morgan fingerprint density at radius 3 is 2.50 bits per heavy atom. The lowest BCUT2D eigenvalue weighted by Gasteiger charge is -2.58. The molecule has 4 aliphatic carbocycles. The highest BCUT2D eigenvalue weighted by Gasteiger charge is 2.55. The summed E-state index contributed by atoms with van der Waals surface area (Å²) in [5.74, 6) is 1.17. The Bertz CT molecular complexity index is 621. The van der Waals surface area contributed by atoms with Crippen LogP contribution in [0, 0.1) is 17.8 Å². The Morgan fingerprint density at radius 1 is 1.23 bits per heavy atom. The first-order valence-corrected chi connectivity index (χ1v) is 8.54. The molecule has 1 aromatic heterocycles. The normalized spacial score (nSPS) is 39.0. The molecule has 0 saturated heterocycles. The van der Waals surface area contributed by atoms with E-state index >= 15 is 0 Å². The van der Waals surface area contributed by atoms with Crippen molar-refractivity contribution in [3.05, 3.63) is 28.0 Å². The Kier molecular flexibility index (Phi) is 3.40. The molecule has 4 nitrogen and oxygen atoms in total. The summed E-state index contributed by atoms with van der Waals surface area (Å²) in [6, 6.07) is 3.31. The molecule has 4 saturated carbocycles. The van der Waals surface area contributed by atoms with Gasteiger partial charge in [0.1, 0.15) is 10.3 Å². The predicted octanol–water partition coefficient (Wildman–Crippen LogP) is 3.06. The van der Waals surface area contributed by atoms with Gasteiger partial charge >= 0.3 is 0 Å². The standard InChI is InChI=1S/C16H18Cl2N2O2/c17-12-2-1-11(14(18)19-12)15(21)20-13-9-3-8-4-10(13)7-16(22,5-8)6-9/h1-2,8-10,13,22H,3-7H2,(H,20,21). The fraction of sp³-hybridized carbons (Fsp3) is 0.625. The van der Waals surface area contributed by atoms with Gasteiger partial charge in [0.25, 0.3) is 5.91 Å². The van der Waals surface area contributed by atoms with Gasteiger partial charge in [0.2, 0.25) is 0 Å². The van der Waals surface area contributed by atoms with Crippen LogP contribution in [-0.4, -0.2) is 27.6 Å². The number of aliphatic hydroxyl groups is 1. The maximum atomic E-state index is 12.5. The van der Waals surface area contributed by atoms with E-state index in [2.05, 4.69) is 10.3 Å². The first-order chi connectivity index (χ1) is 10.4. The van der Waals surface area contributed by atoms with Gasteiger partial charge in [-0.2, -0.15) is 0 Å². The quantitative estimate of drug-likeness (QED) is 0.813. The number of hydrogen-bond acceptors (Lipinski definition) is 3. The Hall–Kier alpha value is -0.840. The van der Waals surface area contributed by atoms with Crippen LogP contribution in [-0.2, 0) is 0 Å². The van der Waals surface area contributed by atoms with Crippen molar-refractivity contribution < 1.29 is 9.90 Å². The molecule has 1 amide bonds. The van der Waals surface area contributed by atoms with Gasteiger partial charge in [-0.1, -0.05) is 23.2 Å². The van der Waals surface area contributed by atoms with Crippen molar-refractivity contribution in [2.45, 2.75) is 43.7 Å². The largest absolute Gasteiger partial charge is 0.390 e. The minimum atomic E-state index is -0.489. The highest BCUT2D eigenvalue weighted by molar-refractivity contribution is 6.34. The second-order valence-electron chi connectivity index (χ2n) is 7.17. The van der Waals surface area contributed by atoms with Gasteiger partial charge < -0.3 is 10.4 Å². The van der Waals surface area contributed by atoms with E-state index in [0.717, 1.165) is 32.1 Å². The van der Waals surface area contributed by atoms with Gasteiger partial charge in [0, 0.05) is 6.04 Å². The van der Waals surface area contributed by atoms with Gasteiger partial charge in [0.05, 0.1) is 11.2 Å². The summed E-state index contributed by atoms with van der Waals surface area (Å²) in [7, 11) is 0.